The van der Waals surface area contributed by atoms with Crippen LogP contribution in [0.25, 0.3) is 0 Å². The van der Waals surface area contributed by atoms with E-state index in [9.17, 15) is 15.0 Å². The molecule has 0 bridgehead atoms. The summed E-state index contributed by atoms with van der Waals surface area (Å²) in [5.41, 5.74) is 11.5. The molecule has 9 aliphatic rings. The molecule has 6 unspecified atom stereocenters. The third-order valence-electron chi connectivity index (χ3n) is 32.0. The number of Topliss-reactive ketones (excluding diaryl/α,β-unsaturated/α-hetero) is 1. The van der Waals surface area contributed by atoms with Crippen molar-refractivity contribution in [3.63, 3.8) is 0 Å². The van der Waals surface area contributed by atoms with Crippen molar-refractivity contribution in [3.8, 4) is 0 Å². The van der Waals surface area contributed by atoms with Crippen LogP contribution in [-0.2, 0) is 22.5 Å². The molecule has 0 aromatic heterocycles. The maximum absolute atomic E-state index is 11.9. The largest absolute Gasteiger partial charge is 1.00 e. The van der Waals surface area contributed by atoms with Crippen LogP contribution in [0.4, 0.5) is 0 Å². The molecule has 9 fully saturated rings. The number of hydrogen-bond acceptors (Lipinski definition) is 7. The first-order valence-electron chi connectivity index (χ1n) is 44.6. The van der Waals surface area contributed by atoms with Gasteiger partial charge in [-0.1, -0.05) is 269 Å². The summed E-state index contributed by atoms with van der Waals surface area (Å²) in [5, 5.41) is 20.8. The van der Waals surface area contributed by atoms with Gasteiger partial charge in [0.25, 0.3) is 0 Å². The van der Waals surface area contributed by atoms with E-state index in [1.807, 2.05) is 6.08 Å². The molecule has 9 rings (SSSR count). The molecule has 12 heteroatoms. The van der Waals surface area contributed by atoms with Gasteiger partial charge in [-0.05, 0) is 281 Å². The fourth-order valence-electron chi connectivity index (χ4n) is 19.9. The van der Waals surface area contributed by atoms with E-state index in [0.29, 0.717) is 46.4 Å². The SMILES string of the molecule is C=C1[C@H](O)CC(=C/C=C2\CCC[C@@]3(C)C2CCC3[C@H](C)CC)C[C@H]1O.C=C1[C@H](O[Si](C)(C)C(C)(C)C)CC(=C/C=C2\CCC[C@@]3(C)C2CCC3[C@H](C)CC)C[C@H]1O[Si](C)(C)C(C)(C)C.C=CC=C1C[C@@H](O[Si](C)(C)C(C)(C)C)C(=C)[C@H](O[Si](C)(C)C(C)(C)C)C1.CC[C@@H](C)C1CCC2C(=O)CCC[C@@]21C.[CH2-]CCC.[Li+]. The molecule has 0 aromatic carbocycles. The van der Waals surface area contributed by atoms with Gasteiger partial charge in [0, 0.05) is 12.3 Å². The number of rotatable bonds is 18. The van der Waals surface area contributed by atoms with Gasteiger partial charge in [0.15, 0.2) is 33.3 Å². The summed E-state index contributed by atoms with van der Waals surface area (Å²) >= 11 is 0. The van der Waals surface area contributed by atoms with E-state index >= 15 is 0 Å². The fourth-order valence-corrected chi connectivity index (χ4v) is 25.1. The van der Waals surface area contributed by atoms with Crippen molar-refractivity contribution in [1.82, 2.24) is 0 Å². The molecule has 0 saturated heterocycles. The van der Waals surface area contributed by atoms with Crippen molar-refractivity contribution < 1.29 is 51.6 Å². The van der Waals surface area contributed by atoms with Crippen LogP contribution in [0.15, 0.2) is 107 Å². The number of aliphatic hydroxyl groups is 2. The van der Waals surface area contributed by atoms with E-state index in [1.165, 1.54) is 126 Å². The quantitative estimate of drug-likeness (QED) is 0.0802. The molecule has 0 heterocycles. The maximum atomic E-state index is 11.9. The number of carbonyl (C=O) groups excluding carboxylic acids is 1. The van der Waals surface area contributed by atoms with Gasteiger partial charge in [-0.15, -0.1) is 0 Å². The van der Waals surface area contributed by atoms with Crippen LogP contribution >= 0.6 is 0 Å². The second-order valence-corrected chi connectivity index (χ2v) is 62.4. The summed E-state index contributed by atoms with van der Waals surface area (Å²) in [7, 11) is -7.62. The van der Waals surface area contributed by atoms with Gasteiger partial charge in [-0.25, -0.2) is 0 Å². The summed E-state index contributed by atoms with van der Waals surface area (Å²) < 4.78 is 27.6. The van der Waals surface area contributed by atoms with Crippen LogP contribution in [0, 0.1) is 76.4 Å². The van der Waals surface area contributed by atoms with Crippen LogP contribution in [0.1, 0.15) is 319 Å². The minimum Gasteiger partial charge on any atom is -0.410 e. The smallest absolute Gasteiger partial charge is 0.410 e. The Kier molecular flexibility index (Phi) is 37.6. The van der Waals surface area contributed by atoms with Gasteiger partial charge < -0.3 is 34.8 Å². The van der Waals surface area contributed by atoms with Crippen molar-refractivity contribution in [2.45, 2.75) is 428 Å². The van der Waals surface area contributed by atoms with Gasteiger partial charge >= 0.3 is 18.9 Å². The third kappa shape index (κ3) is 24.9. The zero-order valence-electron chi connectivity index (χ0n) is 78.0. The molecular formula is C98H175LiO7Si4. The van der Waals surface area contributed by atoms with E-state index in [1.54, 1.807) is 11.1 Å². The van der Waals surface area contributed by atoms with Crippen molar-refractivity contribution >= 4 is 39.1 Å². The topological polar surface area (TPSA) is 94.5 Å². The Morgan fingerprint density at radius 2 is 0.709 bits per heavy atom. The maximum Gasteiger partial charge on any atom is 1.00 e. The predicted molar refractivity (Wildman–Crippen MR) is 484 cm³/mol. The monoisotopic (exact) mass is 1580 g/mol. The Balaban J connectivity index is 0.000000317. The molecule has 9 saturated carbocycles. The van der Waals surface area contributed by atoms with E-state index in [4.69, 9.17) is 17.7 Å². The molecule has 2 N–H and O–H groups in total. The minimum atomic E-state index is -1.94. The van der Waals surface area contributed by atoms with Crippen molar-refractivity contribution in [2.24, 2.45) is 69.5 Å². The number of ketones is 1. The second kappa shape index (κ2) is 41.0. The average Bonchev–Trinajstić information content (AvgIpc) is 1.59. The van der Waals surface area contributed by atoms with E-state index in [-0.39, 0.29) is 63.4 Å². The molecule has 7 nitrogen and oxygen atoms in total. The first kappa shape index (κ1) is 101. The number of fused-ring (bicyclic) bond motifs is 3. The summed E-state index contributed by atoms with van der Waals surface area (Å²) in [6.45, 7) is 90.9. The van der Waals surface area contributed by atoms with Crippen LogP contribution in [0.2, 0.25) is 72.5 Å². The van der Waals surface area contributed by atoms with Gasteiger partial charge in [-0.3, -0.25) is 4.79 Å². The van der Waals surface area contributed by atoms with Gasteiger partial charge in [0.05, 0.1) is 36.6 Å². The summed E-state index contributed by atoms with van der Waals surface area (Å²) in [4.78, 5) is 11.9. The molecule has 0 aromatic rings. The molecular weight excluding hydrogens is 1410 g/mol. The van der Waals surface area contributed by atoms with E-state index in [2.05, 4.69) is 268 Å². The minimum absolute atomic E-state index is 0. The summed E-state index contributed by atoms with van der Waals surface area (Å²) in [5.74, 6) is 7.46. The molecule has 0 radical (unpaired) electrons. The normalized spacial score (nSPS) is 32.7. The van der Waals surface area contributed by atoms with Crippen LogP contribution in [0.5, 0.6) is 0 Å². The zero-order chi connectivity index (χ0) is 82.8. The third-order valence-corrected chi connectivity index (χ3v) is 49.9. The molecule has 9 aliphatic carbocycles. The first-order chi connectivity index (χ1) is 50.1. The van der Waals surface area contributed by atoms with Gasteiger partial charge in [0.1, 0.15) is 5.78 Å². The molecule has 18 atom stereocenters. The van der Waals surface area contributed by atoms with Crippen LogP contribution in [0.3, 0.4) is 0 Å². The standard InChI is InChI=1S/C35H64O2Si2.C23H36O2.C22H42O2Si2.C14H24O.C4H9.Li/c1-15-25(2)29-20-21-30-28(17-16-22-35(29,30)10)19-18-27-23-31(36-38(11,12)33(4,5)6)26(3)32(24-27)37-39(13,14)34(7,8)9;1-5-15(2)19-10-11-20-18(7-6-12-23(19,20)4)9-8-17-13-21(24)16(3)22(25)14-17;1-13-14-18-15-19(23-25(9,10)21(3,4)5)17(2)20(16-18)24-26(11,12)22(6,7)8;1-4-10(2)11-7-8-12-13(15)6-5-9-14(11,12)3;1-3-4-2;/h18-19,25,29-32H,3,15-17,20-24H2,1-2,4-14H3;8-9,15,19-22,24-25H,3,5-7,10-14H2,1-2,4H3;13-14,19-20H,1-2,15-16H2,3-12H3;10-12H,4-9H2,1-3H3;1,3-4H2,2H3;/q;;;;-1;+1/b28-19+;18-9+;;;;/t25-,29?,30?,31-,32-,35-;15-,19?,20?,21-,22-,23-;19-,20-;10-,11?,12?,14-;;/m1111../s1. The number of carbonyl (C=O) groups is 1. The average molecular weight is 1580 g/mol. The predicted octanol–water partition coefficient (Wildman–Crippen LogP) is 26.1. The van der Waals surface area contributed by atoms with E-state index < -0.39 is 45.5 Å². The fraction of sp³-hybridized carbons (Fsp3) is 0.796. The molecule has 626 valence electrons. The number of allylic oxidation sites excluding steroid dienone is 8. The first-order valence-corrected chi connectivity index (χ1v) is 56.3. The molecule has 0 aliphatic heterocycles. The number of aliphatic hydroxyl groups excluding tert-OH is 2. The van der Waals surface area contributed by atoms with Crippen molar-refractivity contribution in [1.29, 1.82) is 0 Å². The Hall–Kier alpha value is -1.45. The van der Waals surface area contributed by atoms with Crippen molar-refractivity contribution in [3.05, 3.63) is 114 Å². The van der Waals surface area contributed by atoms with Gasteiger partial charge in [-0.2, -0.15) is 6.42 Å². The Morgan fingerprint density at radius 1 is 0.445 bits per heavy atom. The Morgan fingerprint density at radius 3 is 0.982 bits per heavy atom. The summed E-state index contributed by atoms with van der Waals surface area (Å²) in [6.07, 6.45) is 42.9. The molecule has 0 amide bonds. The molecule has 110 heavy (non-hydrogen) atoms. The summed E-state index contributed by atoms with van der Waals surface area (Å²) in [6, 6.07) is 0. The second-order valence-electron chi connectivity index (χ2n) is 43.4. The number of hydrogen-bond donors (Lipinski definition) is 2. The van der Waals surface area contributed by atoms with Gasteiger partial charge in [0.2, 0.25) is 0 Å². The number of unbranched alkanes of at least 4 members (excludes halogenated alkanes) is 1. The Bertz CT molecular complexity index is 3070. The molecule has 0 spiro atoms. The Labute approximate surface area is 697 Å². The van der Waals surface area contributed by atoms with Crippen LogP contribution < -0.4 is 18.9 Å². The van der Waals surface area contributed by atoms with Crippen LogP contribution in [-0.4, -0.2) is 85.9 Å². The zero-order valence-corrected chi connectivity index (χ0v) is 82.0. The van der Waals surface area contributed by atoms with Crippen molar-refractivity contribution in [2.75, 3.05) is 0 Å². The van der Waals surface area contributed by atoms with E-state index in [0.717, 1.165) is 103 Å².